The Morgan fingerprint density at radius 1 is 1.47 bits per heavy atom. The lowest BCUT2D eigenvalue weighted by Crippen LogP contribution is -2.35. The molecule has 1 heterocycles. The molecule has 3 atom stereocenters. The van der Waals surface area contributed by atoms with Gasteiger partial charge in [0.15, 0.2) is 0 Å². The Morgan fingerprint density at radius 3 is 2.87 bits per heavy atom. The largest absolute Gasteiger partial charge is 0.391 e. The third kappa shape index (κ3) is 4.96. The van der Waals surface area contributed by atoms with Crippen molar-refractivity contribution in [3.05, 3.63) is 0 Å². The fraction of sp³-hybridized carbons (Fsp3) is 1.00. The van der Waals surface area contributed by atoms with Crippen LogP contribution in [0.25, 0.3) is 0 Å². The number of hydrogen-bond acceptors (Lipinski definition) is 3. The molecule has 0 radical (unpaired) electrons. The molecule has 3 unspecified atom stereocenters. The standard InChI is InChI=1S/C12H25NO2/c1-3-4-10(2)7-13-8-12(14)11-5-6-15-9-11/h10-14H,3-9H2,1-2H3. The first kappa shape index (κ1) is 12.9. The van der Waals surface area contributed by atoms with Crippen molar-refractivity contribution in [2.45, 2.75) is 39.2 Å². The Kier molecular flexibility index (Phi) is 6.22. The average molecular weight is 215 g/mol. The van der Waals surface area contributed by atoms with Crippen molar-refractivity contribution in [2.24, 2.45) is 11.8 Å². The SMILES string of the molecule is CCCC(C)CNCC(O)C1CCOC1. The molecular formula is C12H25NO2. The Bertz CT molecular complexity index is 158. The van der Waals surface area contributed by atoms with E-state index >= 15 is 0 Å². The van der Waals surface area contributed by atoms with E-state index in [0.717, 1.165) is 26.2 Å². The fourth-order valence-corrected chi connectivity index (χ4v) is 2.10. The molecule has 0 saturated carbocycles. The minimum absolute atomic E-state index is 0.235. The van der Waals surface area contributed by atoms with Crippen molar-refractivity contribution >= 4 is 0 Å². The Hall–Kier alpha value is -0.120. The van der Waals surface area contributed by atoms with E-state index in [1.807, 2.05) is 0 Å². The van der Waals surface area contributed by atoms with Gasteiger partial charge in [-0.3, -0.25) is 0 Å². The molecule has 0 spiro atoms. The van der Waals surface area contributed by atoms with Gasteiger partial charge in [0.2, 0.25) is 0 Å². The average Bonchev–Trinajstić information content (AvgIpc) is 2.70. The highest BCUT2D eigenvalue weighted by molar-refractivity contribution is 4.74. The van der Waals surface area contributed by atoms with Crippen LogP contribution in [0.1, 0.15) is 33.1 Å². The predicted molar refractivity (Wildman–Crippen MR) is 61.9 cm³/mol. The first-order valence-corrected chi connectivity index (χ1v) is 6.20. The smallest absolute Gasteiger partial charge is 0.0715 e. The van der Waals surface area contributed by atoms with Crippen LogP contribution in [0.15, 0.2) is 0 Å². The molecule has 1 aliphatic rings. The Morgan fingerprint density at radius 2 is 2.27 bits per heavy atom. The highest BCUT2D eigenvalue weighted by Crippen LogP contribution is 2.16. The van der Waals surface area contributed by atoms with Crippen LogP contribution in [0.2, 0.25) is 0 Å². The van der Waals surface area contributed by atoms with Gasteiger partial charge in [0, 0.05) is 19.1 Å². The molecule has 1 rings (SSSR count). The quantitative estimate of drug-likeness (QED) is 0.674. The lowest BCUT2D eigenvalue weighted by atomic mass is 10.0. The van der Waals surface area contributed by atoms with E-state index in [-0.39, 0.29) is 6.10 Å². The highest BCUT2D eigenvalue weighted by atomic mass is 16.5. The van der Waals surface area contributed by atoms with Crippen LogP contribution in [0, 0.1) is 11.8 Å². The van der Waals surface area contributed by atoms with Gasteiger partial charge >= 0.3 is 0 Å². The van der Waals surface area contributed by atoms with Gasteiger partial charge in [-0.2, -0.15) is 0 Å². The summed E-state index contributed by atoms with van der Waals surface area (Å²) in [6.07, 6.45) is 3.27. The van der Waals surface area contributed by atoms with Gasteiger partial charge in [0.05, 0.1) is 12.7 Å². The molecule has 1 saturated heterocycles. The second-order valence-electron chi connectivity index (χ2n) is 4.74. The molecule has 0 aromatic rings. The van der Waals surface area contributed by atoms with E-state index in [9.17, 15) is 5.11 Å². The van der Waals surface area contributed by atoms with Crippen molar-refractivity contribution in [2.75, 3.05) is 26.3 Å². The normalized spacial score (nSPS) is 25.4. The van der Waals surface area contributed by atoms with Gasteiger partial charge in [-0.15, -0.1) is 0 Å². The lowest BCUT2D eigenvalue weighted by molar-refractivity contribution is 0.0901. The highest BCUT2D eigenvalue weighted by Gasteiger charge is 2.23. The van der Waals surface area contributed by atoms with E-state index in [4.69, 9.17) is 4.74 Å². The number of aliphatic hydroxyl groups excluding tert-OH is 1. The Balaban J connectivity index is 2.03. The molecule has 1 fully saturated rings. The van der Waals surface area contributed by atoms with Crippen molar-refractivity contribution in [1.82, 2.24) is 5.32 Å². The molecule has 3 heteroatoms. The number of hydrogen-bond donors (Lipinski definition) is 2. The molecule has 0 aromatic carbocycles. The molecule has 2 N–H and O–H groups in total. The Labute approximate surface area is 93.2 Å². The van der Waals surface area contributed by atoms with Gasteiger partial charge in [0.1, 0.15) is 0 Å². The van der Waals surface area contributed by atoms with Crippen molar-refractivity contribution in [1.29, 1.82) is 0 Å². The fourth-order valence-electron chi connectivity index (χ4n) is 2.10. The zero-order valence-electron chi connectivity index (χ0n) is 10.0. The summed E-state index contributed by atoms with van der Waals surface area (Å²) in [5.41, 5.74) is 0. The zero-order chi connectivity index (χ0) is 11.1. The van der Waals surface area contributed by atoms with Crippen LogP contribution < -0.4 is 5.32 Å². The summed E-state index contributed by atoms with van der Waals surface area (Å²) in [4.78, 5) is 0. The molecule has 0 amide bonds. The van der Waals surface area contributed by atoms with Crippen molar-refractivity contribution < 1.29 is 9.84 Å². The van der Waals surface area contributed by atoms with Crippen LogP contribution in [0.4, 0.5) is 0 Å². The third-order valence-electron chi connectivity index (χ3n) is 3.14. The maximum absolute atomic E-state index is 9.85. The first-order chi connectivity index (χ1) is 7.24. The summed E-state index contributed by atoms with van der Waals surface area (Å²) < 4.78 is 5.26. The maximum Gasteiger partial charge on any atom is 0.0715 e. The van der Waals surface area contributed by atoms with E-state index < -0.39 is 0 Å². The molecule has 1 aliphatic heterocycles. The van der Waals surface area contributed by atoms with E-state index in [0.29, 0.717) is 18.4 Å². The zero-order valence-corrected chi connectivity index (χ0v) is 10.0. The molecule has 0 aliphatic carbocycles. The number of ether oxygens (including phenoxy) is 1. The summed E-state index contributed by atoms with van der Waals surface area (Å²) in [7, 11) is 0. The lowest BCUT2D eigenvalue weighted by Gasteiger charge is -2.18. The van der Waals surface area contributed by atoms with Crippen LogP contribution >= 0.6 is 0 Å². The summed E-state index contributed by atoms with van der Waals surface area (Å²) in [5, 5.41) is 13.2. The third-order valence-corrected chi connectivity index (χ3v) is 3.14. The van der Waals surface area contributed by atoms with Gasteiger partial charge < -0.3 is 15.2 Å². The van der Waals surface area contributed by atoms with E-state index in [1.54, 1.807) is 0 Å². The van der Waals surface area contributed by atoms with Crippen LogP contribution in [0.5, 0.6) is 0 Å². The summed E-state index contributed by atoms with van der Waals surface area (Å²) in [5.74, 6) is 1.06. The topological polar surface area (TPSA) is 41.5 Å². The van der Waals surface area contributed by atoms with Gasteiger partial charge in [-0.1, -0.05) is 20.3 Å². The monoisotopic (exact) mass is 215 g/mol. The molecule has 0 bridgehead atoms. The number of aliphatic hydroxyl groups is 1. The van der Waals surface area contributed by atoms with Crippen LogP contribution in [0.3, 0.4) is 0 Å². The van der Waals surface area contributed by atoms with E-state index in [2.05, 4.69) is 19.2 Å². The summed E-state index contributed by atoms with van der Waals surface area (Å²) in [6, 6.07) is 0. The summed E-state index contributed by atoms with van der Waals surface area (Å²) >= 11 is 0. The number of rotatable bonds is 7. The van der Waals surface area contributed by atoms with Crippen LogP contribution in [-0.4, -0.2) is 37.5 Å². The number of nitrogens with one attached hydrogen (secondary N) is 1. The van der Waals surface area contributed by atoms with Crippen molar-refractivity contribution in [3.63, 3.8) is 0 Å². The maximum atomic E-state index is 9.85. The second kappa shape index (κ2) is 7.20. The van der Waals surface area contributed by atoms with Gasteiger partial charge in [-0.25, -0.2) is 0 Å². The minimum atomic E-state index is -0.235. The molecule has 0 aromatic heterocycles. The van der Waals surface area contributed by atoms with Gasteiger partial charge in [0.25, 0.3) is 0 Å². The van der Waals surface area contributed by atoms with Crippen molar-refractivity contribution in [3.8, 4) is 0 Å². The molecule has 3 nitrogen and oxygen atoms in total. The van der Waals surface area contributed by atoms with Gasteiger partial charge in [-0.05, 0) is 25.3 Å². The predicted octanol–water partition coefficient (Wildman–Crippen LogP) is 1.41. The summed E-state index contributed by atoms with van der Waals surface area (Å²) in [6.45, 7) is 7.73. The molecule has 15 heavy (non-hydrogen) atoms. The van der Waals surface area contributed by atoms with E-state index in [1.165, 1.54) is 12.8 Å². The van der Waals surface area contributed by atoms with Crippen LogP contribution in [-0.2, 0) is 4.74 Å². The second-order valence-corrected chi connectivity index (χ2v) is 4.74. The molecule has 90 valence electrons. The first-order valence-electron chi connectivity index (χ1n) is 6.20. The minimum Gasteiger partial charge on any atom is -0.391 e. The molecular weight excluding hydrogens is 190 g/mol.